The molecule has 2 aliphatic heterocycles. The van der Waals surface area contributed by atoms with Crippen LogP contribution in [0.25, 0.3) is 0 Å². The number of hydrogen-bond donors (Lipinski definition) is 0. The lowest BCUT2D eigenvalue weighted by Crippen LogP contribution is -2.47. The zero-order chi connectivity index (χ0) is 20.8. The lowest BCUT2D eigenvalue weighted by molar-refractivity contribution is -0.146. The van der Waals surface area contributed by atoms with E-state index in [1.54, 1.807) is 16.0 Å². The molecule has 0 unspecified atom stereocenters. The number of nitrogens with zero attached hydrogens (tertiary/aromatic N) is 4. The van der Waals surface area contributed by atoms with E-state index in [0.717, 1.165) is 5.69 Å². The molecule has 1 aromatic heterocycles. The van der Waals surface area contributed by atoms with E-state index in [1.165, 1.54) is 7.11 Å². The molecule has 3 rings (SSSR count). The topological polar surface area (TPSA) is 94.0 Å². The van der Waals surface area contributed by atoms with E-state index in [9.17, 15) is 14.4 Å². The standard InChI is InChI=1S/C19H28N4O5/c1-11-9-22-15(10-21(11)18(26)28-19(3,4)5)14(8-20-22)23-12(2)13(7-16(23)24)17(25)27-6/h8,11-13H,7,9-10H2,1-6H3/t11-,12-,13+/m0/s1. The van der Waals surface area contributed by atoms with Crippen molar-refractivity contribution in [2.75, 3.05) is 12.0 Å². The number of esters is 1. The van der Waals surface area contributed by atoms with Crippen LogP contribution < -0.4 is 4.90 Å². The van der Waals surface area contributed by atoms with Crippen molar-refractivity contribution in [3.05, 3.63) is 11.9 Å². The molecule has 28 heavy (non-hydrogen) atoms. The van der Waals surface area contributed by atoms with Crippen molar-refractivity contribution in [1.82, 2.24) is 14.7 Å². The van der Waals surface area contributed by atoms with Gasteiger partial charge in [0.1, 0.15) is 5.60 Å². The van der Waals surface area contributed by atoms with E-state index in [1.807, 2.05) is 39.3 Å². The van der Waals surface area contributed by atoms with E-state index >= 15 is 0 Å². The van der Waals surface area contributed by atoms with Gasteiger partial charge in [-0.2, -0.15) is 5.10 Å². The highest BCUT2D eigenvalue weighted by atomic mass is 16.6. The smallest absolute Gasteiger partial charge is 0.410 e. The minimum Gasteiger partial charge on any atom is -0.469 e. The number of hydrogen-bond acceptors (Lipinski definition) is 6. The van der Waals surface area contributed by atoms with Crippen LogP contribution in [0.2, 0.25) is 0 Å². The van der Waals surface area contributed by atoms with Crippen LogP contribution in [0, 0.1) is 5.92 Å². The molecule has 0 radical (unpaired) electrons. The first-order chi connectivity index (χ1) is 13.0. The lowest BCUT2D eigenvalue weighted by Gasteiger charge is -2.36. The minimum absolute atomic E-state index is 0.0929. The first-order valence-electron chi connectivity index (χ1n) is 9.47. The molecule has 1 aromatic rings. The first kappa shape index (κ1) is 20.2. The van der Waals surface area contributed by atoms with Gasteiger partial charge >= 0.3 is 12.1 Å². The van der Waals surface area contributed by atoms with Crippen LogP contribution in [0.1, 0.15) is 46.7 Å². The summed E-state index contributed by atoms with van der Waals surface area (Å²) in [6.45, 7) is 10.0. The number of carbonyl (C=O) groups excluding carboxylic acids is 3. The molecule has 9 nitrogen and oxygen atoms in total. The number of methoxy groups -OCH3 is 1. The first-order valence-corrected chi connectivity index (χ1v) is 9.47. The van der Waals surface area contributed by atoms with Gasteiger partial charge in [-0.15, -0.1) is 0 Å². The zero-order valence-electron chi connectivity index (χ0n) is 17.3. The fourth-order valence-corrected chi connectivity index (χ4v) is 3.80. The molecule has 3 atom stereocenters. The third-order valence-corrected chi connectivity index (χ3v) is 5.26. The number of ether oxygens (including phenoxy) is 2. The summed E-state index contributed by atoms with van der Waals surface area (Å²) in [7, 11) is 1.32. The van der Waals surface area contributed by atoms with E-state index in [-0.39, 0.29) is 31.0 Å². The zero-order valence-corrected chi connectivity index (χ0v) is 17.3. The summed E-state index contributed by atoms with van der Waals surface area (Å²) < 4.78 is 12.2. The summed E-state index contributed by atoms with van der Waals surface area (Å²) in [5, 5.41) is 4.41. The molecule has 0 aliphatic carbocycles. The lowest BCUT2D eigenvalue weighted by atomic mass is 10.0. The summed E-state index contributed by atoms with van der Waals surface area (Å²) in [4.78, 5) is 40.5. The average Bonchev–Trinajstić information content (AvgIpc) is 3.11. The van der Waals surface area contributed by atoms with E-state index in [2.05, 4.69) is 5.10 Å². The Kier molecular flexibility index (Phi) is 5.12. The number of carbonyl (C=O) groups is 3. The highest BCUT2D eigenvalue weighted by Gasteiger charge is 2.44. The number of anilines is 1. The molecule has 2 amide bonds. The number of amides is 2. The number of aromatic nitrogens is 2. The Labute approximate surface area is 164 Å². The van der Waals surface area contributed by atoms with Crippen LogP contribution >= 0.6 is 0 Å². The largest absolute Gasteiger partial charge is 0.469 e. The molecule has 0 aromatic carbocycles. The van der Waals surface area contributed by atoms with Gasteiger partial charge in [-0.25, -0.2) is 4.79 Å². The minimum atomic E-state index is -0.593. The van der Waals surface area contributed by atoms with E-state index < -0.39 is 23.6 Å². The van der Waals surface area contributed by atoms with Crippen LogP contribution in [0.3, 0.4) is 0 Å². The average molecular weight is 392 g/mol. The summed E-state index contributed by atoms with van der Waals surface area (Å²) in [5.74, 6) is -1.06. The van der Waals surface area contributed by atoms with Crippen molar-refractivity contribution in [3.63, 3.8) is 0 Å². The van der Waals surface area contributed by atoms with Gasteiger partial charge < -0.3 is 14.4 Å². The Hall–Kier alpha value is -2.58. The van der Waals surface area contributed by atoms with Gasteiger partial charge in [0.25, 0.3) is 0 Å². The SMILES string of the molecule is COC(=O)[C@@H]1CC(=O)N(c2cnn3c2CN(C(=O)OC(C)(C)C)[C@@H](C)C3)[C@H]1C. The molecule has 0 saturated carbocycles. The predicted octanol–water partition coefficient (Wildman–Crippen LogP) is 1.94. The fraction of sp³-hybridized carbons (Fsp3) is 0.684. The molecular formula is C19H28N4O5. The van der Waals surface area contributed by atoms with Crippen LogP contribution in [0.4, 0.5) is 10.5 Å². The summed E-state index contributed by atoms with van der Waals surface area (Å²) in [6, 6.07) is -0.437. The third-order valence-electron chi connectivity index (χ3n) is 5.26. The molecule has 9 heteroatoms. The third kappa shape index (κ3) is 3.57. The van der Waals surface area contributed by atoms with Crippen LogP contribution in [-0.2, 0) is 32.2 Å². The maximum atomic E-state index is 12.6. The summed E-state index contributed by atoms with van der Waals surface area (Å²) >= 11 is 0. The monoisotopic (exact) mass is 392 g/mol. The Balaban J connectivity index is 1.88. The number of rotatable bonds is 2. The van der Waals surface area contributed by atoms with Gasteiger partial charge in [0.2, 0.25) is 5.91 Å². The van der Waals surface area contributed by atoms with Crippen LogP contribution in [0.5, 0.6) is 0 Å². The Bertz CT molecular complexity index is 797. The molecule has 0 bridgehead atoms. The van der Waals surface area contributed by atoms with Gasteiger partial charge in [0.15, 0.2) is 0 Å². The highest BCUT2D eigenvalue weighted by molar-refractivity contribution is 6.00. The maximum absolute atomic E-state index is 12.6. The van der Waals surface area contributed by atoms with Crippen molar-refractivity contribution < 1.29 is 23.9 Å². The predicted molar refractivity (Wildman–Crippen MR) is 101 cm³/mol. The second-order valence-electron chi connectivity index (χ2n) is 8.45. The molecule has 3 heterocycles. The molecular weight excluding hydrogens is 364 g/mol. The van der Waals surface area contributed by atoms with Crippen molar-refractivity contribution in [2.45, 2.75) is 71.8 Å². The van der Waals surface area contributed by atoms with Gasteiger partial charge in [-0.3, -0.25) is 19.2 Å². The summed E-state index contributed by atoms with van der Waals surface area (Å²) in [6.07, 6.45) is 1.34. The Morgan fingerprint density at radius 1 is 1.25 bits per heavy atom. The van der Waals surface area contributed by atoms with Crippen LogP contribution in [-0.4, -0.2) is 57.4 Å². The molecule has 1 fully saturated rings. The second-order valence-corrected chi connectivity index (χ2v) is 8.45. The number of fused-ring (bicyclic) bond motifs is 1. The molecule has 154 valence electrons. The summed E-state index contributed by atoms with van der Waals surface area (Å²) in [5.41, 5.74) is 0.795. The van der Waals surface area contributed by atoms with Crippen molar-refractivity contribution in [1.29, 1.82) is 0 Å². The highest BCUT2D eigenvalue weighted by Crippen LogP contribution is 2.36. The van der Waals surface area contributed by atoms with E-state index in [4.69, 9.17) is 9.47 Å². The molecule has 1 saturated heterocycles. The Morgan fingerprint density at radius 2 is 1.93 bits per heavy atom. The molecule has 0 spiro atoms. The van der Waals surface area contributed by atoms with Crippen molar-refractivity contribution in [2.24, 2.45) is 5.92 Å². The Morgan fingerprint density at radius 3 is 2.54 bits per heavy atom. The normalized spacial score (nSPS) is 24.9. The van der Waals surface area contributed by atoms with Crippen LogP contribution in [0.15, 0.2) is 6.20 Å². The molecule has 2 aliphatic rings. The van der Waals surface area contributed by atoms with Gasteiger partial charge in [0, 0.05) is 12.5 Å². The molecule has 0 N–H and O–H groups in total. The van der Waals surface area contributed by atoms with Gasteiger partial charge in [-0.05, 0) is 34.6 Å². The van der Waals surface area contributed by atoms with E-state index in [0.29, 0.717) is 12.2 Å². The van der Waals surface area contributed by atoms with Gasteiger partial charge in [-0.1, -0.05) is 0 Å². The van der Waals surface area contributed by atoms with Gasteiger partial charge in [0.05, 0.1) is 49.7 Å². The maximum Gasteiger partial charge on any atom is 0.410 e. The fourth-order valence-electron chi connectivity index (χ4n) is 3.80. The quantitative estimate of drug-likeness (QED) is 0.714. The van der Waals surface area contributed by atoms with Crippen molar-refractivity contribution >= 4 is 23.7 Å². The van der Waals surface area contributed by atoms with Crippen molar-refractivity contribution in [3.8, 4) is 0 Å². The second kappa shape index (κ2) is 7.10.